The van der Waals surface area contributed by atoms with Crippen molar-refractivity contribution in [2.24, 2.45) is 5.92 Å². The molecule has 1 rings (SSSR count). The summed E-state index contributed by atoms with van der Waals surface area (Å²) >= 11 is 0. The Morgan fingerprint density at radius 3 is 2.50 bits per heavy atom. The highest BCUT2D eigenvalue weighted by molar-refractivity contribution is 5.74. The highest BCUT2D eigenvalue weighted by Crippen LogP contribution is 2.16. The van der Waals surface area contributed by atoms with Crippen LogP contribution in [0.25, 0.3) is 0 Å². The van der Waals surface area contributed by atoms with E-state index in [9.17, 15) is 9.59 Å². The van der Waals surface area contributed by atoms with Crippen LogP contribution in [0.5, 0.6) is 0 Å². The Morgan fingerprint density at radius 2 is 2.00 bits per heavy atom. The molecule has 104 valence electrons. The van der Waals surface area contributed by atoms with Crippen LogP contribution >= 0.6 is 0 Å². The summed E-state index contributed by atoms with van der Waals surface area (Å²) in [6.07, 6.45) is 2.16. The van der Waals surface area contributed by atoms with Crippen LogP contribution in [0.2, 0.25) is 0 Å². The predicted octanol–water partition coefficient (Wildman–Crippen LogP) is 0.654. The molecule has 1 atom stereocenters. The molecule has 1 aliphatic heterocycles. The number of piperidine rings is 1. The number of carbonyl (C=O) groups excluding carboxylic acids is 1. The third-order valence-corrected chi connectivity index (χ3v) is 3.32. The van der Waals surface area contributed by atoms with Gasteiger partial charge in [-0.1, -0.05) is 0 Å². The summed E-state index contributed by atoms with van der Waals surface area (Å²) in [4.78, 5) is 24.0. The number of carboxylic acid groups (broad SMARTS) is 1. The minimum atomic E-state index is -0.847. The summed E-state index contributed by atoms with van der Waals surface area (Å²) in [6.45, 7) is 3.30. The lowest BCUT2D eigenvalue weighted by molar-refractivity contribution is -0.137. The van der Waals surface area contributed by atoms with E-state index in [0.717, 1.165) is 12.8 Å². The number of rotatable bonds is 5. The second-order valence-electron chi connectivity index (χ2n) is 4.90. The Morgan fingerprint density at radius 1 is 1.39 bits per heavy atom. The van der Waals surface area contributed by atoms with Gasteiger partial charge in [-0.3, -0.25) is 4.79 Å². The molecule has 6 heteroatoms. The molecule has 1 saturated heterocycles. The molecule has 3 N–H and O–H groups in total. The minimum absolute atomic E-state index is 0.0635. The number of hydrogen-bond acceptors (Lipinski definition) is 3. The first-order chi connectivity index (χ1) is 8.52. The Balaban J connectivity index is 2.26. The maximum atomic E-state index is 11.9. The van der Waals surface area contributed by atoms with E-state index in [0.29, 0.717) is 25.4 Å². The molecular formula is C12H22N2O4. The van der Waals surface area contributed by atoms with E-state index in [1.54, 1.807) is 11.8 Å². The zero-order valence-electron chi connectivity index (χ0n) is 10.8. The highest BCUT2D eigenvalue weighted by atomic mass is 16.4. The fraction of sp³-hybridized carbons (Fsp3) is 0.833. The van der Waals surface area contributed by atoms with Gasteiger partial charge >= 0.3 is 12.0 Å². The smallest absolute Gasteiger partial charge is 0.317 e. The summed E-state index contributed by atoms with van der Waals surface area (Å²) < 4.78 is 0. The van der Waals surface area contributed by atoms with Gasteiger partial charge in [0.2, 0.25) is 0 Å². The number of aliphatic hydroxyl groups excluding tert-OH is 1. The summed E-state index contributed by atoms with van der Waals surface area (Å²) in [5.41, 5.74) is 0. The van der Waals surface area contributed by atoms with Gasteiger partial charge in [0.05, 0.1) is 0 Å². The average molecular weight is 258 g/mol. The van der Waals surface area contributed by atoms with Gasteiger partial charge < -0.3 is 20.4 Å². The first-order valence-corrected chi connectivity index (χ1v) is 6.41. The first kappa shape index (κ1) is 14.8. The molecular weight excluding hydrogens is 236 g/mol. The summed E-state index contributed by atoms with van der Waals surface area (Å²) in [5, 5.41) is 20.4. The van der Waals surface area contributed by atoms with E-state index in [1.807, 2.05) is 0 Å². The topological polar surface area (TPSA) is 89.9 Å². The second-order valence-corrected chi connectivity index (χ2v) is 4.90. The number of urea groups is 1. The van der Waals surface area contributed by atoms with Crippen LogP contribution < -0.4 is 5.32 Å². The number of hydrogen-bond donors (Lipinski definition) is 3. The van der Waals surface area contributed by atoms with Crippen LogP contribution in [-0.4, -0.2) is 52.9 Å². The van der Waals surface area contributed by atoms with Crippen molar-refractivity contribution in [1.29, 1.82) is 0 Å². The van der Waals surface area contributed by atoms with E-state index < -0.39 is 5.97 Å². The molecule has 0 saturated carbocycles. The van der Waals surface area contributed by atoms with E-state index in [4.69, 9.17) is 10.2 Å². The normalized spacial score (nSPS) is 18.4. The van der Waals surface area contributed by atoms with Crippen molar-refractivity contribution >= 4 is 12.0 Å². The number of amides is 2. The van der Waals surface area contributed by atoms with Crippen molar-refractivity contribution < 1.29 is 19.8 Å². The van der Waals surface area contributed by atoms with Gasteiger partial charge in [0, 0.05) is 32.2 Å². The lowest BCUT2D eigenvalue weighted by Crippen LogP contribution is -2.47. The predicted molar refractivity (Wildman–Crippen MR) is 66.2 cm³/mol. The van der Waals surface area contributed by atoms with E-state index in [-0.39, 0.29) is 25.1 Å². The third-order valence-electron chi connectivity index (χ3n) is 3.32. The van der Waals surface area contributed by atoms with Crippen molar-refractivity contribution in [1.82, 2.24) is 10.2 Å². The molecule has 18 heavy (non-hydrogen) atoms. The number of carboxylic acids is 1. The summed E-state index contributed by atoms with van der Waals surface area (Å²) in [5.74, 6) is -0.543. The van der Waals surface area contributed by atoms with Gasteiger partial charge in [-0.25, -0.2) is 4.79 Å². The number of likely N-dealkylation sites (tertiary alicyclic amines) is 1. The van der Waals surface area contributed by atoms with Crippen molar-refractivity contribution in [3.63, 3.8) is 0 Å². The standard InChI is InChI=1S/C12H22N2O4/c1-9(2-3-11(16)17)13-12(18)14-6-4-10(8-15)5-7-14/h9-10,15H,2-8H2,1H3,(H,13,18)(H,16,17). The van der Waals surface area contributed by atoms with Crippen LogP contribution in [0.15, 0.2) is 0 Å². The van der Waals surface area contributed by atoms with Crippen molar-refractivity contribution in [2.75, 3.05) is 19.7 Å². The monoisotopic (exact) mass is 258 g/mol. The molecule has 0 spiro atoms. The van der Waals surface area contributed by atoms with Crippen molar-refractivity contribution in [3.05, 3.63) is 0 Å². The van der Waals surface area contributed by atoms with Gasteiger partial charge in [0.25, 0.3) is 0 Å². The van der Waals surface area contributed by atoms with Gasteiger partial charge in [-0.05, 0) is 32.1 Å². The first-order valence-electron chi connectivity index (χ1n) is 6.41. The number of aliphatic hydroxyl groups is 1. The number of nitrogens with one attached hydrogen (secondary N) is 1. The zero-order valence-corrected chi connectivity index (χ0v) is 10.8. The molecule has 1 fully saturated rings. The fourth-order valence-electron chi connectivity index (χ4n) is 2.03. The third kappa shape index (κ3) is 4.91. The lowest BCUT2D eigenvalue weighted by atomic mass is 9.98. The van der Waals surface area contributed by atoms with Gasteiger partial charge in [0.1, 0.15) is 0 Å². The van der Waals surface area contributed by atoms with Crippen molar-refractivity contribution in [3.8, 4) is 0 Å². The Bertz CT molecular complexity index is 288. The second kappa shape index (κ2) is 7.20. The molecule has 0 aliphatic carbocycles. The van der Waals surface area contributed by atoms with Gasteiger partial charge in [-0.15, -0.1) is 0 Å². The number of nitrogens with zero attached hydrogens (tertiary/aromatic N) is 1. The quantitative estimate of drug-likeness (QED) is 0.675. The molecule has 1 heterocycles. The average Bonchev–Trinajstić information content (AvgIpc) is 2.36. The molecule has 1 aliphatic rings. The Kier molecular flexibility index (Phi) is 5.91. The molecule has 2 amide bonds. The van der Waals surface area contributed by atoms with E-state index >= 15 is 0 Å². The summed E-state index contributed by atoms with van der Waals surface area (Å²) in [6, 6.07) is -0.270. The number of carbonyl (C=O) groups is 2. The maximum Gasteiger partial charge on any atom is 0.317 e. The largest absolute Gasteiger partial charge is 0.481 e. The molecule has 0 aromatic heterocycles. The Hall–Kier alpha value is -1.30. The van der Waals surface area contributed by atoms with Crippen LogP contribution in [0.1, 0.15) is 32.6 Å². The Labute approximate surface area is 107 Å². The minimum Gasteiger partial charge on any atom is -0.481 e. The SMILES string of the molecule is CC(CCC(=O)O)NC(=O)N1CCC(CO)CC1. The summed E-state index contributed by atoms with van der Waals surface area (Å²) in [7, 11) is 0. The fourth-order valence-corrected chi connectivity index (χ4v) is 2.03. The maximum absolute atomic E-state index is 11.9. The van der Waals surface area contributed by atoms with Crippen LogP contribution in [0.3, 0.4) is 0 Å². The molecule has 0 bridgehead atoms. The van der Waals surface area contributed by atoms with Crippen LogP contribution in [-0.2, 0) is 4.79 Å². The van der Waals surface area contributed by atoms with Crippen LogP contribution in [0.4, 0.5) is 4.79 Å². The number of aliphatic carboxylic acids is 1. The van der Waals surface area contributed by atoms with E-state index in [2.05, 4.69) is 5.32 Å². The van der Waals surface area contributed by atoms with Crippen molar-refractivity contribution in [2.45, 2.75) is 38.6 Å². The molecule has 0 radical (unpaired) electrons. The molecule has 6 nitrogen and oxygen atoms in total. The zero-order chi connectivity index (χ0) is 13.5. The van der Waals surface area contributed by atoms with Crippen LogP contribution in [0, 0.1) is 5.92 Å². The van der Waals surface area contributed by atoms with E-state index in [1.165, 1.54) is 0 Å². The molecule has 1 unspecified atom stereocenters. The van der Waals surface area contributed by atoms with Gasteiger partial charge in [-0.2, -0.15) is 0 Å². The van der Waals surface area contributed by atoms with Gasteiger partial charge in [0.15, 0.2) is 0 Å². The molecule has 0 aromatic rings. The lowest BCUT2D eigenvalue weighted by Gasteiger charge is -2.32. The highest BCUT2D eigenvalue weighted by Gasteiger charge is 2.22. The molecule has 0 aromatic carbocycles.